The molecule has 3 fully saturated rings. The zero-order valence-electron chi connectivity index (χ0n) is 21.0. The number of carbonyl (C=O) groups excluding carboxylic acids is 1. The predicted octanol–water partition coefficient (Wildman–Crippen LogP) is 3.41. The lowest BCUT2D eigenvalue weighted by Gasteiger charge is -2.37. The molecular weight excluding hydrogens is 472 g/mol. The molecule has 7 nitrogen and oxygen atoms in total. The zero-order valence-corrected chi connectivity index (χ0v) is 22.6. The molecule has 1 aliphatic heterocycles. The number of sulfonamides is 2. The summed E-state index contributed by atoms with van der Waals surface area (Å²) in [6.45, 7) is 11.0. The number of Topliss-reactive ketones (excluding diaryl/α,β-unsaturated/α-hetero) is 1. The number of benzene rings is 1. The molecule has 0 N–H and O–H groups in total. The molecule has 0 aromatic heterocycles. The Morgan fingerprint density at radius 3 is 2.06 bits per heavy atom. The lowest BCUT2D eigenvalue weighted by atomic mass is 9.70. The average Bonchev–Trinajstić information content (AvgIpc) is 2.98. The van der Waals surface area contributed by atoms with Crippen LogP contribution in [0.2, 0.25) is 0 Å². The Bertz CT molecular complexity index is 1170. The molecule has 34 heavy (non-hydrogen) atoms. The third-order valence-corrected chi connectivity index (χ3v) is 12.7. The van der Waals surface area contributed by atoms with Crippen LogP contribution in [-0.4, -0.2) is 63.2 Å². The highest BCUT2D eigenvalue weighted by molar-refractivity contribution is 7.89. The van der Waals surface area contributed by atoms with E-state index in [2.05, 4.69) is 20.8 Å². The summed E-state index contributed by atoms with van der Waals surface area (Å²) in [5.74, 6) is 0.170. The van der Waals surface area contributed by atoms with Crippen molar-refractivity contribution in [2.24, 2.45) is 16.7 Å². The molecule has 1 aromatic carbocycles. The van der Waals surface area contributed by atoms with Gasteiger partial charge in [0.15, 0.2) is 0 Å². The van der Waals surface area contributed by atoms with E-state index in [-0.39, 0.29) is 59.4 Å². The number of carbonyl (C=O) groups is 1. The molecule has 2 atom stereocenters. The van der Waals surface area contributed by atoms with Crippen molar-refractivity contribution < 1.29 is 21.6 Å². The van der Waals surface area contributed by atoms with Crippen molar-refractivity contribution in [1.29, 1.82) is 0 Å². The molecule has 0 spiro atoms. The van der Waals surface area contributed by atoms with Gasteiger partial charge in [-0.15, -0.1) is 0 Å². The standard InChI is InChI=1S/C25H38N2O5S2/c1-23(2,3)19-7-9-21(10-8-19)34(31,32)27-14-6-13-26(15-16-27)33(29,30)18-25-12-11-20(17-22(25)28)24(25,4)5/h7-10,20H,6,11-18H2,1-5H3. The summed E-state index contributed by atoms with van der Waals surface area (Å²) in [4.78, 5) is 13.1. The van der Waals surface area contributed by atoms with Gasteiger partial charge in [0.05, 0.1) is 10.6 Å². The van der Waals surface area contributed by atoms with Gasteiger partial charge < -0.3 is 0 Å². The van der Waals surface area contributed by atoms with Crippen molar-refractivity contribution >= 4 is 25.8 Å². The van der Waals surface area contributed by atoms with Crippen LogP contribution in [0.25, 0.3) is 0 Å². The number of nitrogens with zero attached hydrogens (tertiary/aromatic N) is 2. The molecule has 1 aromatic rings. The Labute approximate surface area is 205 Å². The molecule has 0 radical (unpaired) electrons. The number of rotatable bonds is 5. The van der Waals surface area contributed by atoms with E-state index in [9.17, 15) is 21.6 Å². The molecule has 2 unspecified atom stereocenters. The predicted molar refractivity (Wildman–Crippen MR) is 132 cm³/mol. The minimum Gasteiger partial charge on any atom is -0.299 e. The minimum atomic E-state index is -3.72. The maximum absolute atomic E-state index is 13.5. The van der Waals surface area contributed by atoms with Crippen LogP contribution in [0.3, 0.4) is 0 Å². The second-order valence-electron chi connectivity index (χ2n) is 11.9. The van der Waals surface area contributed by atoms with Crippen LogP contribution in [0.4, 0.5) is 0 Å². The van der Waals surface area contributed by atoms with Gasteiger partial charge in [0.2, 0.25) is 20.0 Å². The van der Waals surface area contributed by atoms with Crippen molar-refractivity contribution in [3.05, 3.63) is 29.8 Å². The second-order valence-corrected chi connectivity index (χ2v) is 15.8. The fraction of sp³-hybridized carbons (Fsp3) is 0.720. The van der Waals surface area contributed by atoms with Gasteiger partial charge >= 0.3 is 0 Å². The normalized spacial score (nSPS) is 28.9. The third-order valence-electron chi connectivity index (χ3n) is 8.73. The highest BCUT2D eigenvalue weighted by atomic mass is 32.2. The van der Waals surface area contributed by atoms with Crippen LogP contribution in [0, 0.1) is 16.7 Å². The van der Waals surface area contributed by atoms with E-state index in [0.717, 1.165) is 12.0 Å². The van der Waals surface area contributed by atoms with Crippen LogP contribution in [0.5, 0.6) is 0 Å². The molecule has 1 saturated heterocycles. The minimum absolute atomic E-state index is 0.0755. The summed E-state index contributed by atoms with van der Waals surface area (Å²) in [5.41, 5.74) is -0.160. The monoisotopic (exact) mass is 510 g/mol. The molecule has 1 heterocycles. The maximum atomic E-state index is 13.5. The van der Waals surface area contributed by atoms with Gasteiger partial charge in [-0.1, -0.05) is 46.8 Å². The molecule has 2 aliphatic carbocycles. The smallest absolute Gasteiger partial charge is 0.243 e. The summed E-state index contributed by atoms with van der Waals surface area (Å²) < 4.78 is 56.3. The quantitative estimate of drug-likeness (QED) is 0.605. The molecular formula is C25H38N2O5S2. The lowest BCUT2D eigenvalue weighted by Crippen LogP contribution is -2.47. The highest BCUT2D eigenvalue weighted by Crippen LogP contribution is 2.64. The van der Waals surface area contributed by atoms with Crippen molar-refractivity contribution in [3.8, 4) is 0 Å². The molecule has 9 heteroatoms. The van der Waals surface area contributed by atoms with E-state index in [1.54, 1.807) is 12.1 Å². The van der Waals surface area contributed by atoms with Crippen molar-refractivity contribution in [1.82, 2.24) is 8.61 Å². The average molecular weight is 511 g/mol. The summed E-state index contributed by atoms with van der Waals surface area (Å²) >= 11 is 0. The first-order valence-electron chi connectivity index (χ1n) is 12.2. The Hall–Kier alpha value is -1.29. The van der Waals surface area contributed by atoms with Crippen molar-refractivity contribution in [2.45, 2.75) is 70.6 Å². The first-order chi connectivity index (χ1) is 15.6. The van der Waals surface area contributed by atoms with Gasteiger partial charge in [-0.2, -0.15) is 4.31 Å². The Morgan fingerprint density at radius 1 is 0.941 bits per heavy atom. The Morgan fingerprint density at radius 2 is 1.53 bits per heavy atom. The molecule has 190 valence electrons. The van der Waals surface area contributed by atoms with Crippen LogP contribution < -0.4 is 0 Å². The second kappa shape index (κ2) is 8.39. The molecule has 3 aliphatic rings. The fourth-order valence-corrected chi connectivity index (χ4v) is 9.89. The Kier molecular flexibility index (Phi) is 6.36. The summed E-state index contributed by atoms with van der Waals surface area (Å²) in [5, 5.41) is 0. The van der Waals surface area contributed by atoms with Crippen molar-refractivity contribution in [3.63, 3.8) is 0 Å². The number of fused-ring (bicyclic) bond motifs is 2. The van der Waals surface area contributed by atoms with Gasteiger partial charge in [0.25, 0.3) is 0 Å². The van der Waals surface area contributed by atoms with Crippen LogP contribution in [0.15, 0.2) is 29.2 Å². The highest BCUT2D eigenvalue weighted by Gasteiger charge is 2.65. The van der Waals surface area contributed by atoms with E-state index in [4.69, 9.17) is 0 Å². The van der Waals surface area contributed by atoms with Crippen LogP contribution in [-0.2, 0) is 30.3 Å². The van der Waals surface area contributed by atoms with E-state index in [0.29, 0.717) is 19.3 Å². The summed E-state index contributed by atoms with van der Waals surface area (Å²) in [6.07, 6.45) is 2.42. The van der Waals surface area contributed by atoms with Gasteiger partial charge in [-0.3, -0.25) is 4.79 Å². The van der Waals surface area contributed by atoms with Gasteiger partial charge in [-0.05, 0) is 53.7 Å². The summed E-state index contributed by atoms with van der Waals surface area (Å²) in [6, 6.07) is 6.96. The van der Waals surface area contributed by atoms with Gasteiger partial charge in [0.1, 0.15) is 5.78 Å². The summed E-state index contributed by atoms with van der Waals surface area (Å²) in [7, 11) is -7.42. The molecule has 2 bridgehead atoms. The fourth-order valence-electron chi connectivity index (χ4n) is 6.18. The first-order valence-corrected chi connectivity index (χ1v) is 15.3. The molecule has 4 rings (SSSR count). The SMILES string of the molecule is CC(C)(C)c1ccc(S(=O)(=O)N2CCCN(S(=O)(=O)CC34CCC(CC3=O)C4(C)C)CC2)cc1. The van der Waals surface area contributed by atoms with E-state index in [1.165, 1.54) is 8.61 Å². The van der Waals surface area contributed by atoms with Gasteiger partial charge in [-0.25, -0.2) is 21.1 Å². The third kappa shape index (κ3) is 4.16. The largest absolute Gasteiger partial charge is 0.299 e. The van der Waals surface area contributed by atoms with Crippen LogP contribution in [0.1, 0.15) is 65.9 Å². The van der Waals surface area contributed by atoms with Crippen molar-refractivity contribution in [2.75, 3.05) is 31.9 Å². The van der Waals surface area contributed by atoms with E-state index >= 15 is 0 Å². The van der Waals surface area contributed by atoms with Gasteiger partial charge in [0, 0.05) is 38.0 Å². The first kappa shape index (κ1) is 25.8. The number of hydrogen-bond donors (Lipinski definition) is 0. The maximum Gasteiger partial charge on any atom is 0.243 e. The number of hydrogen-bond acceptors (Lipinski definition) is 5. The van der Waals surface area contributed by atoms with E-state index < -0.39 is 25.5 Å². The Balaban J connectivity index is 1.49. The zero-order chi connectivity index (χ0) is 25.2. The lowest BCUT2D eigenvalue weighted by molar-refractivity contribution is -0.128. The number of ketones is 1. The topological polar surface area (TPSA) is 91.8 Å². The molecule has 0 amide bonds. The van der Waals surface area contributed by atoms with E-state index in [1.807, 2.05) is 26.0 Å². The molecule has 2 saturated carbocycles. The van der Waals surface area contributed by atoms with Crippen LogP contribution >= 0.6 is 0 Å².